The third kappa shape index (κ3) is 3.05. The zero-order valence-corrected chi connectivity index (χ0v) is 11.6. The number of hydrogen-bond donors (Lipinski definition) is 2. The van der Waals surface area contributed by atoms with E-state index >= 15 is 0 Å². The van der Waals surface area contributed by atoms with E-state index in [2.05, 4.69) is 15.4 Å². The number of nitrogens with zero attached hydrogens (tertiary/aromatic N) is 4. The van der Waals surface area contributed by atoms with E-state index in [1.165, 1.54) is 5.56 Å². The average Bonchev–Trinajstić information content (AvgIpc) is 2.82. The molecule has 19 heavy (non-hydrogen) atoms. The summed E-state index contributed by atoms with van der Waals surface area (Å²) in [6, 6.07) is 5.72. The Labute approximate surface area is 115 Å². The molecule has 0 spiro atoms. The highest BCUT2D eigenvalue weighted by Crippen LogP contribution is 2.22. The van der Waals surface area contributed by atoms with Crippen molar-refractivity contribution in [2.24, 2.45) is 17.9 Å². The number of oxime groups is 1. The summed E-state index contributed by atoms with van der Waals surface area (Å²) in [5.41, 5.74) is 8.55. The zero-order chi connectivity index (χ0) is 13.8. The van der Waals surface area contributed by atoms with Crippen molar-refractivity contribution in [2.75, 3.05) is 0 Å². The first-order chi connectivity index (χ1) is 9.11. The van der Waals surface area contributed by atoms with Gasteiger partial charge in [0.15, 0.2) is 11.0 Å². The maximum atomic E-state index is 8.65. The van der Waals surface area contributed by atoms with Crippen LogP contribution in [0.5, 0.6) is 0 Å². The normalized spacial score (nSPS) is 11.8. The Balaban J connectivity index is 2.12. The summed E-state index contributed by atoms with van der Waals surface area (Å²) in [6.07, 6.45) is 1.68. The van der Waals surface area contributed by atoms with Crippen LogP contribution in [0.2, 0.25) is 0 Å². The molecule has 0 bridgehead atoms. The van der Waals surface area contributed by atoms with Crippen LogP contribution in [0.1, 0.15) is 16.7 Å². The lowest BCUT2D eigenvalue weighted by atomic mass is 10.1. The quantitative estimate of drug-likeness (QED) is 0.291. The Hall–Kier alpha value is -2.02. The molecule has 0 aliphatic rings. The van der Waals surface area contributed by atoms with Crippen molar-refractivity contribution in [1.29, 1.82) is 0 Å². The summed E-state index contributed by atoms with van der Waals surface area (Å²) in [6.45, 7) is 2.00. The average molecular weight is 277 g/mol. The zero-order valence-electron chi connectivity index (χ0n) is 10.7. The number of amidine groups is 1. The Bertz CT molecular complexity index is 608. The molecule has 0 atom stereocenters. The second-order valence-corrected chi connectivity index (χ2v) is 5.08. The van der Waals surface area contributed by atoms with Crippen LogP contribution in [0, 0.1) is 6.92 Å². The lowest BCUT2D eigenvalue weighted by molar-refractivity contribution is 0.318. The molecular formula is C12H15N5OS. The molecule has 0 fully saturated rings. The van der Waals surface area contributed by atoms with Crippen LogP contribution in [-0.4, -0.2) is 25.8 Å². The fourth-order valence-corrected chi connectivity index (χ4v) is 2.58. The standard InChI is InChI=1S/C12H15N5OS/c1-8-5-9(11(13)16-18)3-4-10(8)6-19-12-15-14-7-17(12)2/h3-5,7,18H,6H2,1-2H3,(H2,13,16). The summed E-state index contributed by atoms with van der Waals surface area (Å²) < 4.78 is 1.88. The predicted octanol–water partition coefficient (Wildman–Crippen LogP) is 1.51. The summed E-state index contributed by atoms with van der Waals surface area (Å²) in [4.78, 5) is 0. The fourth-order valence-electron chi connectivity index (χ4n) is 1.62. The smallest absolute Gasteiger partial charge is 0.191 e. The summed E-state index contributed by atoms with van der Waals surface area (Å²) in [7, 11) is 1.91. The molecule has 0 saturated heterocycles. The maximum Gasteiger partial charge on any atom is 0.191 e. The summed E-state index contributed by atoms with van der Waals surface area (Å²) in [5, 5.41) is 20.4. The maximum absolute atomic E-state index is 8.65. The largest absolute Gasteiger partial charge is 0.409 e. The van der Waals surface area contributed by atoms with E-state index in [-0.39, 0.29) is 5.84 Å². The predicted molar refractivity (Wildman–Crippen MR) is 74.3 cm³/mol. The first kappa shape index (κ1) is 13.4. The van der Waals surface area contributed by atoms with Gasteiger partial charge in [-0.25, -0.2) is 0 Å². The van der Waals surface area contributed by atoms with Crippen molar-refractivity contribution >= 4 is 17.6 Å². The molecule has 7 heteroatoms. The second-order valence-electron chi connectivity index (χ2n) is 4.14. The van der Waals surface area contributed by atoms with Gasteiger partial charge in [0.25, 0.3) is 0 Å². The molecular weight excluding hydrogens is 262 g/mol. The molecule has 1 heterocycles. The summed E-state index contributed by atoms with van der Waals surface area (Å²) >= 11 is 1.62. The van der Waals surface area contributed by atoms with E-state index in [4.69, 9.17) is 10.9 Å². The summed E-state index contributed by atoms with van der Waals surface area (Å²) in [5.74, 6) is 0.921. The van der Waals surface area contributed by atoms with E-state index in [9.17, 15) is 0 Å². The van der Waals surface area contributed by atoms with Gasteiger partial charge >= 0.3 is 0 Å². The second kappa shape index (κ2) is 5.75. The molecule has 2 rings (SSSR count). The van der Waals surface area contributed by atoms with Crippen LogP contribution >= 0.6 is 11.8 Å². The number of benzene rings is 1. The van der Waals surface area contributed by atoms with Gasteiger partial charge in [-0.1, -0.05) is 29.1 Å². The number of thioether (sulfide) groups is 1. The van der Waals surface area contributed by atoms with Crippen molar-refractivity contribution in [3.63, 3.8) is 0 Å². The molecule has 0 amide bonds. The minimum absolute atomic E-state index is 0.121. The minimum atomic E-state index is 0.121. The van der Waals surface area contributed by atoms with Crippen molar-refractivity contribution in [3.05, 3.63) is 41.2 Å². The van der Waals surface area contributed by atoms with Crippen LogP contribution in [0.4, 0.5) is 0 Å². The molecule has 0 saturated carbocycles. The van der Waals surface area contributed by atoms with Crippen molar-refractivity contribution in [1.82, 2.24) is 14.8 Å². The third-order valence-corrected chi connectivity index (χ3v) is 3.86. The van der Waals surface area contributed by atoms with Gasteiger partial charge in [-0.3, -0.25) is 0 Å². The van der Waals surface area contributed by atoms with Gasteiger partial charge < -0.3 is 15.5 Å². The fraction of sp³-hybridized carbons (Fsp3) is 0.250. The highest BCUT2D eigenvalue weighted by atomic mass is 32.2. The van der Waals surface area contributed by atoms with E-state index in [0.717, 1.165) is 16.5 Å². The van der Waals surface area contributed by atoms with Gasteiger partial charge in [0, 0.05) is 18.4 Å². The molecule has 6 nitrogen and oxygen atoms in total. The SMILES string of the molecule is Cc1cc(/C(N)=N/O)ccc1CSc1nncn1C. The Morgan fingerprint density at radius 3 is 2.89 bits per heavy atom. The van der Waals surface area contributed by atoms with Crippen LogP contribution in [0.15, 0.2) is 34.8 Å². The van der Waals surface area contributed by atoms with Crippen molar-refractivity contribution in [2.45, 2.75) is 17.8 Å². The number of hydrogen-bond acceptors (Lipinski definition) is 5. The highest BCUT2D eigenvalue weighted by molar-refractivity contribution is 7.98. The molecule has 2 aromatic rings. The molecule has 1 aromatic carbocycles. The first-order valence-electron chi connectivity index (χ1n) is 5.66. The van der Waals surface area contributed by atoms with Gasteiger partial charge in [-0.05, 0) is 24.1 Å². The number of rotatable bonds is 4. The molecule has 3 N–H and O–H groups in total. The number of aromatic nitrogens is 3. The molecule has 0 aliphatic carbocycles. The van der Waals surface area contributed by atoms with Crippen LogP contribution in [0.3, 0.4) is 0 Å². The van der Waals surface area contributed by atoms with Gasteiger partial charge in [0.05, 0.1) is 0 Å². The van der Waals surface area contributed by atoms with E-state index < -0.39 is 0 Å². The van der Waals surface area contributed by atoms with Crippen LogP contribution in [-0.2, 0) is 12.8 Å². The Morgan fingerprint density at radius 2 is 2.32 bits per heavy atom. The monoisotopic (exact) mass is 277 g/mol. The number of nitrogens with two attached hydrogens (primary N) is 1. The lowest BCUT2D eigenvalue weighted by Gasteiger charge is -2.07. The molecule has 0 radical (unpaired) electrons. The van der Waals surface area contributed by atoms with E-state index in [1.807, 2.05) is 36.7 Å². The first-order valence-corrected chi connectivity index (χ1v) is 6.64. The van der Waals surface area contributed by atoms with Gasteiger partial charge in [-0.2, -0.15) is 0 Å². The molecule has 0 aliphatic heterocycles. The van der Waals surface area contributed by atoms with Gasteiger partial charge in [0.1, 0.15) is 6.33 Å². The topological polar surface area (TPSA) is 89.3 Å². The molecule has 1 aromatic heterocycles. The van der Waals surface area contributed by atoms with E-state index in [0.29, 0.717) is 5.56 Å². The van der Waals surface area contributed by atoms with Crippen LogP contribution < -0.4 is 5.73 Å². The van der Waals surface area contributed by atoms with Crippen molar-refractivity contribution in [3.8, 4) is 0 Å². The molecule has 100 valence electrons. The third-order valence-electron chi connectivity index (χ3n) is 2.77. The van der Waals surface area contributed by atoms with E-state index in [1.54, 1.807) is 18.1 Å². The lowest BCUT2D eigenvalue weighted by Crippen LogP contribution is -2.13. The van der Waals surface area contributed by atoms with Crippen molar-refractivity contribution < 1.29 is 5.21 Å². The Morgan fingerprint density at radius 1 is 1.53 bits per heavy atom. The Kier molecular flexibility index (Phi) is 4.06. The minimum Gasteiger partial charge on any atom is -0.409 e. The van der Waals surface area contributed by atoms with Gasteiger partial charge in [-0.15, -0.1) is 10.2 Å². The number of aryl methyl sites for hydroxylation is 2. The molecule has 0 unspecified atom stereocenters. The van der Waals surface area contributed by atoms with Crippen LogP contribution in [0.25, 0.3) is 0 Å². The van der Waals surface area contributed by atoms with Gasteiger partial charge in [0.2, 0.25) is 0 Å². The highest BCUT2D eigenvalue weighted by Gasteiger charge is 2.06.